The van der Waals surface area contributed by atoms with Crippen LogP contribution in [0, 0.1) is 11.3 Å². The molecule has 0 fully saturated rings. The molecule has 1 heterocycles. The summed E-state index contributed by atoms with van der Waals surface area (Å²) < 4.78 is 3.17. The van der Waals surface area contributed by atoms with Gasteiger partial charge in [0, 0.05) is 19.0 Å². The lowest BCUT2D eigenvalue weighted by atomic mass is 10.2. The predicted molar refractivity (Wildman–Crippen MR) is 61.9 cm³/mol. The van der Waals surface area contributed by atoms with Crippen LogP contribution in [0.4, 0.5) is 0 Å². The number of nitrogens with zero attached hydrogens (tertiary/aromatic N) is 1. The Morgan fingerprint density at radius 2 is 2.00 bits per heavy atom. The number of halogens is 2. The molecule has 0 saturated heterocycles. The lowest BCUT2D eigenvalue weighted by molar-refractivity contribution is 1.52. The summed E-state index contributed by atoms with van der Waals surface area (Å²) in [6.07, 6.45) is 0. The summed E-state index contributed by atoms with van der Waals surface area (Å²) in [5.74, 6) is 0. The number of rotatable bonds is 0. The molecule has 0 aliphatic carbocycles. The van der Waals surface area contributed by atoms with Crippen LogP contribution < -0.4 is 0 Å². The summed E-state index contributed by atoms with van der Waals surface area (Å²) in [6, 6.07) is 8.05. The fourth-order valence-electron chi connectivity index (χ4n) is 1.12. The predicted octanol–water partition coefficient (Wildman–Crippen LogP) is 4.30. The van der Waals surface area contributed by atoms with E-state index >= 15 is 0 Å². The van der Waals surface area contributed by atoms with Gasteiger partial charge in [-0.1, -0.05) is 31.9 Å². The number of hydrogen-bond acceptors (Lipinski definition) is 2. The molecule has 0 unspecified atom stereocenters. The second kappa shape index (κ2) is 3.41. The van der Waals surface area contributed by atoms with Gasteiger partial charge in [-0.2, -0.15) is 5.26 Å². The molecule has 0 N–H and O–H groups in total. The van der Waals surface area contributed by atoms with Gasteiger partial charge in [-0.3, -0.25) is 0 Å². The zero-order valence-electron chi connectivity index (χ0n) is 6.34. The van der Waals surface area contributed by atoms with E-state index in [4.69, 9.17) is 5.26 Å². The Balaban J connectivity index is 2.84. The number of nitriles is 1. The maximum Gasteiger partial charge on any atom is 0.110 e. The molecule has 64 valence electrons. The highest BCUT2D eigenvalue weighted by atomic mass is 79.9. The fourth-order valence-corrected chi connectivity index (χ4v) is 3.67. The van der Waals surface area contributed by atoms with Crippen molar-refractivity contribution in [1.29, 1.82) is 5.26 Å². The normalized spacial score (nSPS) is 10.2. The smallest absolute Gasteiger partial charge is 0.110 e. The monoisotopic (exact) mass is 315 g/mol. The SMILES string of the molecule is N#Cc1cc2c(Br)cc(Br)cc2s1. The average Bonchev–Trinajstić information content (AvgIpc) is 2.47. The number of fused-ring (bicyclic) bond motifs is 1. The topological polar surface area (TPSA) is 23.8 Å². The summed E-state index contributed by atoms with van der Waals surface area (Å²) >= 11 is 8.37. The Bertz CT molecular complexity index is 510. The van der Waals surface area contributed by atoms with E-state index in [0.29, 0.717) is 0 Å². The molecule has 2 rings (SSSR count). The minimum absolute atomic E-state index is 0.744. The summed E-state index contributed by atoms with van der Waals surface area (Å²) in [6.45, 7) is 0. The van der Waals surface area contributed by atoms with Crippen molar-refractivity contribution in [2.45, 2.75) is 0 Å². The summed E-state index contributed by atoms with van der Waals surface area (Å²) in [4.78, 5) is 0.744. The van der Waals surface area contributed by atoms with Gasteiger partial charge in [0.2, 0.25) is 0 Å². The lowest BCUT2D eigenvalue weighted by Gasteiger charge is -1.94. The van der Waals surface area contributed by atoms with Crippen LogP contribution >= 0.6 is 43.2 Å². The van der Waals surface area contributed by atoms with Crippen molar-refractivity contribution in [3.8, 4) is 6.07 Å². The molecule has 0 radical (unpaired) electrons. The molecule has 0 bridgehead atoms. The van der Waals surface area contributed by atoms with E-state index in [1.165, 1.54) is 11.3 Å². The summed E-state index contributed by atoms with van der Waals surface area (Å²) in [5, 5.41) is 9.83. The molecule has 1 aromatic heterocycles. The Kier molecular flexibility index (Phi) is 2.41. The maximum absolute atomic E-state index is 8.73. The highest BCUT2D eigenvalue weighted by molar-refractivity contribution is 9.11. The van der Waals surface area contributed by atoms with Crippen LogP contribution in [-0.4, -0.2) is 0 Å². The molecule has 0 atom stereocenters. The quantitative estimate of drug-likeness (QED) is 0.711. The zero-order valence-corrected chi connectivity index (χ0v) is 10.3. The minimum Gasteiger partial charge on any atom is -0.192 e. The summed E-state index contributed by atoms with van der Waals surface area (Å²) in [7, 11) is 0. The first kappa shape index (κ1) is 9.20. The molecular formula is C9H3Br2NS. The first-order valence-corrected chi connectivity index (χ1v) is 5.89. The Morgan fingerprint density at radius 1 is 1.23 bits per heavy atom. The first-order valence-electron chi connectivity index (χ1n) is 3.49. The molecule has 13 heavy (non-hydrogen) atoms. The van der Waals surface area contributed by atoms with E-state index in [2.05, 4.69) is 37.9 Å². The minimum atomic E-state index is 0.744. The van der Waals surface area contributed by atoms with Gasteiger partial charge in [-0.05, 0) is 18.2 Å². The number of benzene rings is 1. The molecular weight excluding hydrogens is 314 g/mol. The van der Waals surface area contributed by atoms with Crippen molar-refractivity contribution in [3.63, 3.8) is 0 Å². The van der Waals surface area contributed by atoms with Gasteiger partial charge >= 0.3 is 0 Å². The lowest BCUT2D eigenvalue weighted by Crippen LogP contribution is -1.67. The third kappa shape index (κ3) is 1.64. The van der Waals surface area contributed by atoms with Crippen LogP contribution in [0.1, 0.15) is 4.88 Å². The molecule has 0 saturated carbocycles. The van der Waals surface area contributed by atoms with E-state index < -0.39 is 0 Å². The number of hydrogen-bond donors (Lipinski definition) is 0. The maximum atomic E-state index is 8.73. The molecule has 1 aromatic carbocycles. The van der Waals surface area contributed by atoms with E-state index in [0.717, 1.165) is 23.9 Å². The van der Waals surface area contributed by atoms with Gasteiger partial charge in [-0.25, -0.2) is 0 Å². The highest BCUT2D eigenvalue weighted by Gasteiger charge is 2.05. The Labute approximate surface area is 96.2 Å². The molecule has 2 aromatic rings. The van der Waals surface area contributed by atoms with E-state index in [9.17, 15) is 0 Å². The van der Waals surface area contributed by atoms with Crippen LogP contribution in [0.15, 0.2) is 27.1 Å². The third-order valence-electron chi connectivity index (χ3n) is 1.66. The third-order valence-corrected chi connectivity index (χ3v) is 3.76. The molecule has 0 aliphatic heterocycles. The molecule has 1 nitrogen and oxygen atoms in total. The Morgan fingerprint density at radius 3 is 2.69 bits per heavy atom. The van der Waals surface area contributed by atoms with Crippen LogP contribution in [-0.2, 0) is 0 Å². The van der Waals surface area contributed by atoms with E-state index in [1.54, 1.807) is 0 Å². The van der Waals surface area contributed by atoms with Crippen LogP contribution in [0.2, 0.25) is 0 Å². The first-order chi connectivity index (χ1) is 6.20. The standard InChI is InChI=1S/C9H3Br2NS/c10-5-1-8(11)7-3-6(4-12)13-9(7)2-5/h1-3H. The van der Waals surface area contributed by atoms with E-state index in [1.807, 2.05) is 18.2 Å². The summed E-state index contributed by atoms with van der Waals surface area (Å²) in [5.41, 5.74) is 0. The van der Waals surface area contributed by atoms with Crippen molar-refractivity contribution in [3.05, 3.63) is 32.0 Å². The Hall–Kier alpha value is -0.370. The number of thiophene rings is 1. The van der Waals surface area contributed by atoms with Gasteiger partial charge in [-0.15, -0.1) is 11.3 Å². The second-order valence-corrected chi connectivity index (χ2v) is 5.38. The largest absolute Gasteiger partial charge is 0.192 e. The van der Waals surface area contributed by atoms with Crippen LogP contribution in [0.25, 0.3) is 10.1 Å². The fraction of sp³-hybridized carbons (Fsp3) is 0. The molecule has 0 aliphatic rings. The van der Waals surface area contributed by atoms with Gasteiger partial charge in [0.1, 0.15) is 10.9 Å². The molecule has 4 heteroatoms. The molecule has 0 amide bonds. The van der Waals surface area contributed by atoms with Crippen molar-refractivity contribution >= 4 is 53.3 Å². The van der Waals surface area contributed by atoms with Gasteiger partial charge in [0.15, 0.2) is 0 Å². The van der Waals surface area contributed by atoms with Gasteiger partial charge in [0.25, 0.3) is 0 Å². The van der Waals surface area contributed by atoms with Gasteiger partial charge < -0.3 is 0 Å². The van der Waals surface area contributed by atoms with Crippen molar-refractivity contribution in [1.82, 2.24) is 0 Å². The van der Waals surface area contributed by atoms with Crippen LogP contribution in [0.5, 0.6) is 0 Å². The average molecular weight is 317 g/mol. The van der Waals surface area contributed by atoms with Crippen molar-refractivity contribution in [2.75, 3.05) is 0 Å². The van der Waals surface area contributed by atoms with Crippen molar-refractivity contribution < 1.29 is 0 Å². The second-order valence-electron chi connectivity index (χ2n) is 2.52. The van der Waals surface area contributed by atoms with Crippen LogP contribution in [0.3, 0.4) is 0 Å². The van der Waals surface area contributed by atoms with E-state index in [-0.39, 0.29) is 0 Å². The van der Waals surface area contributed by atoms with Gasteiger partial charge in [0.05, 0.1) is 0 Å². The van der Waals surface area contributed by atoms with Crippen molar-refractivity contribution in [2.24, 2.45) is 0 Å². The highest BCUT2D eigenvalue weighted by Crippen LogP contribution is 2.33. The molecule has 0 spiro atoms. The zero-order chi connectivity index (χ0) is 9.42.